The van der Waals surface area contributed by atoms with E-state index >= 15 is 0 Å². The van der Waals surface area contributed by atoms with Crippen LogP contribution in [0.1, 0.15) is 40.5 Å². The third-order valence-electron chi connectivity index (χ3n) is 3.99. The first kappa shape index (κ1) is 14.3. The molecule has 2 unspecified atom stereocenters. The van der Waals surface area contributed by atoms with E-state index in [1.807, 2.05) is 0 Å². The van der Waals surface area contributed by atoms with Gasteiger partial charge in [-0.05, 0) is 46.5 Å². The van der Waals surface area contributed by atoms with Crippen molar-refractivity contribution < 1.29 is 9.84 Å². The van der Waals surface area contributed by atoms with Crippen LogP contribution in [0, 0.1) is 5.92 Å². The zero-order valence-corrected chi connectivity index (χ0v) is 12.1. The van der Waals surface area contributed by atoms with Gasteiger partial charge in [-0.3, -0.25) is 4.90 Å². The van der Waals surface area contributed by atoms with E-state index in [0.29, 0.717) is 5.92 Å². The van der Waals surface area contributed by atoms with Gasteiger partial charge in [0, 0.05) is 25.2 Å². The molecule has 2 aliphatic rings. The molecule has 1 aliphatic heterocycles. The lowest BCUT2D eigenvalue weighted by Crippen LogP contribution is -2.63. The first-order chi connectivity index (χ1) is 8.24. The minimum Gasteiger partial charge on any atom is -0.395 e. The first-order valence-corrected chi connectivity index (χ1v) is 7.05. The molecule has 4 nitrogen and oxygen atoms in total. The molecule has 0 spiro atoms. The van der Waals surface area contributed by atoms with Crippen LogP contribution < -0.4 is 5.73 Å². The topological polar surface area (TPSA) is 58.7 Å². The molecule has 0 amide bonds. The molecular weight excluding hydrogens is 228 g/mol. The fourth-order valence-electron chi connectivity index (χ4n) is 3.36. The van der Waals surface area contributed by atoms with Crippen LogP contribution in [-0.2, 0) is 4.74 Å². The van der Waals surface area contributed by atoms with Crippen molar-refractivity contribution in [1.82, 2.24) is 4.90 Å². The summed E-state index contributed by atoms with van der Waals surface area (Å²) >= 11 is 0. The van der Waals surface area contributed by atoms with Crippen LogP contribution in [0.5, 0.6) is 0 Å². The van der Waals surface area contributed by atoms with Gasteiger partial charge in [0.1, 0.15) is 0 Å². The Morgan fingerprint density at radius 3 is 2.11 bits per heavy atom. The van der Waals surface area contributed by atoms with E-state index < -0.39 is 0 Å². The Balaban J connectivity index is 2.09. The average molecular weight is 256 g/mol. The molecule has 1 aliphatic carbocycles. The third-order valence-corrected chi connectivity index (χ3v) is 3.99. The molecule has 1 saturated heterocycles. The summed E-state index contributed by atoms with van der Waals surface area (Å²) < 4.78 is 6.08. The summed E-state index contributed by atoms with van der Waals surface area (Å²) in [4.78, 5) is 2.33. The monoisotopic (exact) mass is 256 g/mol. The summed E-state index contributed by atoms with van der Waals surface area (Å²) in [5, 5.41) is 9.70. The van der Waals surface area contributed by atoms with Gasteiger partial charge in [0.15, 0.2) is 0 Å². The number of hydrogen-bond donors (Lipinski definition) is 2. The van der Waals surface area contributed by atoms with Crippen LogP contribution in [0.15, 0.2) is 0 Å². The molecule has 4 heteroatoms. The lowest BCUT2D eigenvalue weighted by molar-refractivity contribution is -0.191. The van der Waals surface area contributed by atoms with Gasteiger partial charge >= 0.3 is 0 Å². The minimum atomic E-state index is -0.182. The van der Waals surface area contributed by atoms with Gasteiger partial charge < -0.3 is 15.6 Å². The summed E-state index contributed by atoms with van der Waals surface area (Å²) in [6, 6.07) is 0.166. The van der Waals surface area contributed by atoms with Crippen LogP contribution in [-0.4, -0.2) is 53.0 Å². The molecule has 2 rings (SSSR count). The second-order valence-electron chi connectivity index (χ2n) is 7.19. The number of nitrogens with two attached hydrogens (primary N) is 1. The van der Waals surface area contributed by atoms with Crippen molar-refractivity contribution in [2.45, 2.75) is 63.8 Å². The van der Waals surface area contributed by atoms with Gasteiger partial charge in [-0.25, -0.2) is 0 Å². The molecule has 0 bridgehead atoms. The highest BCUT2D eigenvalue weighted by molar-refractivity contribution is 4.98. The highest BCUT2D eigenvalue weighted by atomic mass is 16.5. The van der Waals surface area contributed by atoms with Crippen molar-refractivity contribution in [3.05, 3.63) is 0 Å². The van der Waals surface area contributed by atoms with E-state index in [9.17, 15) is 5.11 Å². The quantitative estimate of drug-likeness (QED) is 0.787. The van der Waals surface area contributed by atoms with Gasteiger partial charge in [0.05, 0.1) is 17.8 Å². The maximum absolute atomic E-state index is 9.70. The first-order valence-electron chi connectivity index (χ1n) is 7.05. The van der Waals surface area contributed by atoms with Crippen molar-refractivity contribution >= 4 is 0 Å². The molecule has 0 aromatic heterocycles. The molecule has 1 heterocycles. The number of hydrogen-bond acceptors (Lipinski definition) is 4. The van der Waals surface area contributed by atoms with Crippen LogP contribution in [0.25, 0.3) is 0 Å². The van der Waals surface area contributed by atoms with Crippen LogP contribution in [0.2, 0.25) is 0 Å². The predicted octanol–water partition coefficient (Wildman–Crippen LogP) is 0.974. The molecule has 0 aromatic rings. The number of aliphatic hydroxyl groups excluding tert-OH is 1. The maximum Gasteiger partial charge on any atom is 0.0760 e. The second-order valence-corrected chi connectivity index (χ2v) is 7.19. The van der Waals surface area contributed by atoms with Crippen molar-refractivity contribution in [2.24, 2.45) is 11.7 Å². The molecule has 0 aromatic carbocycles. The number of aliphatic hydroxyl groups is 1. The van der Waals surface area contributed by atoms with E-state index in [0.717, 1.165) is 13.1 Å². The molecule has 0 radical (unpaired) electrons. The SMILES string of the molecule is CC1(C)CN(C(CO)C(N)C2CC2)CC(C)(C)O1. The molecule has 2 atom stereocenters. The molecule has 18 heavy (non-hydrogen) atoms. The van der Waals surface area contributed by atoms with Crippen molar-refractivity contribution in [3.63, 3.8) is 0 Å². The Kier molecular flexibility index (Phi) is 3.76. The molecular formula is C14H28N2O2. The van der Waals surface area contributed by atoms with Gasteiger partial charge in [-0.15, -0.1) is 0 Å². The Hall–Kier alpha value is -0.160. The zero-order valence-electron chi connectivity index (χ0n) is 12.1. The zero-order chi connectivity index (χ0) is 13.6. The summed E-state index contributed by atoms with van der Waals surface area (Å²) in [5.74, 6) is 0.608. The van der Waals surface area contributed by atoms with Gasteiger partial charge in [-0.1, -0.05) is 0 Å². The van der Waals surface area contributed by atoms with E-state index in [4.69, 9.17) is 10.5 Å². The van der Waals surface area contributed by atoms with Gasteiger partial charge in [-0.2, -0.15) is 0 Å². The van der Waals surface area contributed by atoms with Gasteiger partial charge in [0.25, 0.3) is 0 Å². The Morgan fingerprint density at radius 2 is 1.72 bits per heavy atom. The van der Waals surface area contributed by atoms with E-state index in [2.05, 4.69) is 32.6 Å². The highest BCUT2D eigenvalue weighted by Crippen LogP contribution is 2.36. The highest BCUT2D eigenvalue weighted by Gasteiger charge is 2.44. The summed E-state index contributed by atoms with van der Waals surface area (Å²) in [6.07, 6.45) is 2.43. The Bertz CT molecular complexity index is 284. The maximum atomic E-state index is 9.70. The fourth-order valence-corrected chi connectivity index (χ4v) is 3.36. The lowest BCUT2D eigenvalue weighted by Gasteiger charge is -2.50. The Labute approximate surface area is 110 Å². The molecule has 1 saturated carbocycles. The van der Waals surface area contributed by atoms with Crippen LogP contribution in [0.4, 0.5) is 0 Å². The van der Waals surface area contributed by atoms with Crippen molar-refractivity contribution in [2.75, 3.05) is 19.7 Å². The molecule has 2 fully saturated rings. The van der Waals surface area contributed by atoms with Crippen molar-refractivity contribution in [1.29, 1.82) is 0 Å². The number of rotatable bonds is 4. The summed E-state index contributed by atoms with van der Waals surface area (Å²) in [6.45, 7) is 10.2. The Morgan fingerprint density at radius 1 is 1.22 bits per heavy atom. The fraction of sp³-hybridized carbons (Fsp3) is 1.00. The number of ether oxygens (including phenoxy) is 1. The predicted molar refractivity (Wildman–Crippen MR) is 72.4 cm³/mol. The standard InChI is InChI=1S/C14H28N2O2/c1-13(2)8-16(9-14(3,4)18-13)11(7-17)12(15)10-5-6-10/h10-12,17H,5-9,15H2,1-4H3. The number of morpholine rings is 1. The van der Waals surface area contributed by atoms with E-state index in [1.54, 1.807) is 0 Å². The largest absolute Gasteiger partial charge is 0.395 e. The normalized spacial score (nSPS) is 31.0. The minimum absolute atomic E-state index is 0.0694. The second kappa shape index (κ2) is 4.75. The van der Waals surface area contributed by atoms with Crippen LogP contribution in [0.3, 0.4) is 0 Å². The average Bonchev–Trinajstić information content (AvgIpc) is 2.95. The van der Waals surface area contributed by atoms with Crippen molar-refractivity contribution in [3.8, 4) is 0 Å². The smallest absolute Gasteiger partial charge is 0.0760 e. The molecule has 3 N–H and O–H groups in total. The van der Waals surface area contributed by atoms with E-state index in [-0.39, 0.29) is 29.9 Å². The lowest BCUT2D eigenvalue weighted by atomic mass is 9.94. The molecule has 106 valence electrons. The number of nitrogens with zero attached hydrogens (tertiary/aromatic N) is 1. The summed E-state index contributed by atoms with van der Waals surface area (Å²) in [5.41, 5.74) is 5.94. The van der Waals surface area contributed by atoms with E-state index in [1.165, 1.54) is 12.8 Å². The van der Waals surface area contributed by atoms with Gasteiger partial charge in [0.2, 0.25) is 0 Å². The summed E-state index contributed by atoms with van der Waals surface area (Å²) in [7, 11) is 0. The third kappa shape index (κ3) is 3.23. The van der Waals surface area contributed by atoms with Crippen LogP contribution >= 0.6 is 0 Å².